The lowest BCUT2D eigenvalue weighted by atomic mass is 10.1. The number of aliphatic hydroxyl groups is 4. The number of nitrogen functional groups attached to an aromatic ring is 1. The lowest BCUT2D eigenvalue weighted by Crippen LogP contribution is -2.33. The summed E-state index contributed by atoms with van der Waals surface area (Å²) in [7, 11) is 1.52. The number of hydrogen-bond acceptors (Lipinski definition) is 10. The largest absolute Gasteiger partial charge is 0.479 e. The number of methoxy groups -OCH3 is 1. The summed E-state index contributed by atoms with van der Waals surface area (Å²) in [5.74, 6) is 0.571. The minimum absolute atomic E-state index is 0.159. The van der Waals surface area contributed by atoms with Gasteiger partial charge in [-0.05, 0) is 0 Å². The first-order chi connectivity index (χ1) is 10.5. The number of H-pyrrole nitrogens is 1. The highest BCUT2D eigenvalue weighted by atomic mass is 16.6. The number of ether oxygens (including phenoxy) is 2. The Bertz CT molecular complexity index is 622. The molecule has 4 atom stereocenters. The molecule has 11 nitrogen and oxygen atoms in total. The summed E-state index contributed by atoms with van der Waals surface area (Å²) in [6, 6.07) is 0. The Kier molecular flexibility index (Phi) is 5.05. The fraction of sp³-hybridized carbons (Fsp3) is 0.545. The molecule has 3 rings (SSSR count). The van der Waals surface area contributed by atoms with Gasteiger partial charge < -0.3 is 40.6 Å². The summed E-state index contributed by atoms with van der Waals surface area (Å²) in [5, 5.41) is 35.0. The third-order valence-corrected chi connectivity index (χ3v) is 2.98. The molecule has 22 heavy (non-hydrogen) atoms. The van der Waals surface area contributed by atoms with Gasteiger partial charge in [-0.2, -0.15) is 9.97 Å². The zero-order chi connectivity index (χ0) is 16.3. The molecule has 2 aromatic rings. The van der Waals surface area contributed by atoms with Crippen LogP contribution in [0.3, 0.4) is 0 Å². The highest BCUT2D eigenvalue weighted by Gasteiger charge is 2.41. The number of nitrogens with one attached hydrogen (secondary N) is 1. The second-order valence-corrected chi connectivity index (χ2v) is 4.42. The van der Waals surface area contributed by atoms with Gasteiger partial charge in [0.2, 0.25) is 11.8 Å². The number of rotatable bonds is 2. The molecule has 0 saturated carbocycles. The highest BCUT2D eigenvalue weighted by molar-refractivity contribution is 5.76. The van der Waals surface area contributed by atoms with Gasteiger partial charge in [-0.3, -0.25) is 0 Å². The molecule has 0 bridgehead atoms. The molecule has 1 aliphatic heterocycles. The van der Waals surface area contributed by atoms with Crippen LogP contribution >= 0.6 is 0 Å². The minimum atomic E-state index is -1.38. The Morgan fingerprint density at radius 1 is 1.32 bits per heavy atom. The second kappa shape index (κ2) is 6.81. The topological polar surface area (TPSA) is 180 Å². The third-order valence-electron chi connectivity index (χ3n) is 2.98. The van der Waals surface area contributed by atoms with E-state index < -0.39 is 31.2 Å². The molecule has 3 heterocycles. The van der Waals surface area contributed by atoms with E-state index in [1.165, 1.54) is 13.4 Å². The van der Waals surface area contributed by atoms with Crippen LogP contribution in [0.15, 0.2) is 6.33 Å². The molecule has 2 aromatic heterocycles. The molecular formula is C11H17N5O6. The SMILES string of the molecule is COc1nc(N)nc2nc[nH]c12.OC[C@H]1O[C@@H](O)[C@@H](O)[C@@H]1O. The Balaban J connectivity index is 0.000000164. The van der Waals surface area contributed by atoms with Crippen molar-refractivity contribution in [3.8, 4) is 5.88 Å². The third kappa shape index (κ3) is 3.23. The zero-order valence-electron chi connectivity index (χ0n) is 11.6. The molecule has 0 aliphatic carbocycles. The molecule has 7 N–H and O–H groups in total. The van der Waals surface area contributed by atoms with E-state index in [4.69, 9.17) is 30.9 Å². The van der Waals surface area contributed by atoms with Crippen LogP contribution in [0.2, 0.25) is 0 Å². The van der Waals surface area contributed by atoms with Crippen molar-refractivity contribution in [1.82, 2.24) is 19.9 Å². The Morgan fingerprint density at radius 3 is 2.55 bits per heavy atom. The van der Waals surface area contributed by atoms with E-state index in [1.807, 2.05) is 0 Å². The number of hydrogen-bond donors (Lipinski definition) is 6. The van der Waals surface area contributed by atoms with E-state index in [9.17, 15) is 0 Å². The van der Waals surface area contributed by atoms with Crippen LogP contribution in [0, 0.1) is 0 Å². The van der Waals surface area contributed by atoms with Gasteiger partial charge in [-0.1, -0.05) is 0 Å². The minimum Gasteiger partial charge on any atom is -0.479 e. The molecule has 0 aromatic carbocycles. The average molecular weight is 315 g/mol. The highest BCUT2D eigenvalue weighted by Crippen LogP contribution is 2.19. The van der Waals surface area contributed by atoms with Crippen LogP contribution in [0.5, 0.6) is 5.88 Å². The van der Waals surface area contributed by atoms with Crippen LogP contribution in [0.4, 0.5) is 5.95 Å². The van der Waals surface area contributed by atoms with Gasteiger partial charge in [-0.15, -0.1) is 0 Å². The predicted octanol–water partition coefficient (Wildman–Crippen LogP) is -2.64. The summed E-state index contributed by atoms with van der Waals surface area (Å²) >= 11 is 0. The summed E-state index contributed by atoms with van der Waals surface area (Å²) < 4.78 is 9.50. The molecule has 0 amide bonds. The number of imidazole rings is 1. The quantitative estimate of drug-likeness (QED) is 0.343. The monoisotopic (exact) mass is 315 g/mol. The normalized spacial score (nSPS) is 27.5. The van der Waals surface area contributed by atoms with E-state index in [2.05, 4.69) is 24.7 Å². The Labute approximate surface area is 124 Å². The predicted molar refractivity (Wildman–Crippen MR) is 72.6 cm³/mol. The smallest absolute Gasteiger partial charge is 0.244 e. The van der Waals surface area contributed by atoms with Crippen molar-refractivity contribution in [3.63, 3.8) is 0 Å². The fourth-order valence-corrected chi connectivity index (χ4v) is 1.85. The van der Waals surface area contributed by atoms with E-state index >= 15 is 0 Å². The van der Waals surface area contributed by atoms with E-state index in [0.717, 1.165) is 0 Å². The molecule has 122 valence electrons. The molecule has 0 unspecified atom stereocenters. The Morgan fingerprint density at radius 2 is 2.05 bits per heavy atom. The number of nitrogens with zero attached hydrogens (tertiary/aromatic N) is 3. The van der Waals surface area contributed by atoms with Crippen LogP contribution in [-0.4, -0.2) is 78.7 Å². The van der Waals surface area contributed by atoms with Crippen molar-refractivity contribution in [2.45, 2.75) is 24.6 Å². The van der Waals surface area contributed by atoms with Crippen LogP contribution in [0.25, 0.3) is 11.2 Å². The first-order valence-corrected chi connectivity index (χ1v) is 6.29. The van der Waals surface area contributed by atoms with Gasteiger partial charge in [0.1, 0.15) is 23.8 Å². The van der Waals surface area contributed by atoms with Crippen LogP contribution in [0.1, 0.15) is 0 Å². The van der Waals surface area contributed by atoms with Crippen molar-refractivity contribution in [2.75, 3.05) is 19.5 Å². The first kappa shape index (κ1) is 16.3. The molecular weight excluding hydrogens is 298 g/mol. The summed E-state index contributed by atoms with van der Waals surface area (Å²) in [4.78, 5) is 14.5. The molecule has 1 aliphatic rings. The maximum absolute atomic E-state index is 8.93. The van der Waals surface area contributed by atoms with Gasteiger partial charge in [0.05, 0.1) is 20.0 Å². The van der Waals surface area contributed by atoms with Crippen molar-refractivity contribution < 1.29 is 29.9 Å². The number of nitrogens with two attached hydrogens (primary N) is 1. The maximum Gasteiger partial charge on any atom is 0.244 e. The summed E-state index contributed by atoms with van der Waals surface area (Å²) in [6.45, 7) is -0.407. The first-order valence-electron chi connectivity index (χ1n) is 6.29. The van der Waals surface area contributed by atoms with Crippen molar-refractivity contribution in [1.29, 1.82) is 0 Å². The molecule has 11 heteroatoms. The van der Waals surface area contributed by atoms with Crippen LogP contribution < -0.4 is 10.5 Å². The number of aromatic amines is 1. The average Bonchev–Trinajstić information content (AvgIpc) is 3.07. The molecule has 1 saturated heterocycles. The Hall–Kier alpha value is -2.05. The zero-order valence-corrected chi connectivity index (χ0v) is 11.6. The standard InChI is InChI=1S/C6H7N5O.C5H10O5/c1-12-5-3-4(9-2-8-3)10-6(7)11-5;6-1-2-3(7)4(8)5(9)10-2/h2H,1H3,(H3,7,8,9,10,11);2-9H,1H2/t;2-,3-,4+,5-/m.1/s1. The van der Waals surface area contributed by atoms with E-state index in [1.54, 1.807) is 0 Å². The van der Waals surface area contributed by atoms with Crippen molar-refractivity contribution in [3.05, 3.63) is 6.33 Å². The summed E-state index contributed by atoms with van der Waals surface area (Å²) in [5.41, 5.74) is 6.58. The number of fused-ring (bicyclic) bond motifs is 1. The van der Waals surface area contributed by atoms with Gasteiger partial charge in [-0.25, -0.2) is 4.98 Å². The van der Waals surface area contributed by atoms with E-state index in [0.29, 0.717) is 17.0 Å². The lowest BCUT2D eigenvalue weighted by Gasteiger charge is -2.09. The van der Waals surface area contributed by atoms with Crippen LogP contribution in [-0.2, 0) is 4.74 Å². The summed E-state index contributed by atoms with van der Waals surface area (Å²) in [6.07, 6.45) is -3.24. The number of aliphatic hydroxyl groups excluding tert-OH is 4. The second-order valence-electron chi connectivity index (χ2n) is 4.42. The molecule has 0 spiro atoms. The number of anilines is 1. The number of aromatic nitrogens is 4. The van der Waals surface area contributed by atoms with Gasteiger partial charge in [0, 0.05) is 0 Å². The molecule has 0 radical (unpaired) electrons. The van der Waals surface area contributed by atoms with Gasteiger partial charge >= 0.3 is 0 Å². The van der Waals surface area contributed by atoms with Crippen molar-refractivity contribution >= 4 is 17.1 Å². The molecule has 1 fully saturated rings. The maximum atomic E-state index is 8.93. The van der Waals surface area contributed by atoms with Crippen molar-refractivity contribution in [2.24, 2.45) is 0 Å². The van der Waals surface area contributed by atoms with Gasteiger partial charge in [0.15, 0.2) is 11.9 Å². The lowest BCUT2D eigenvalue weighted by molar-refractivity contribution is -0.132. The van der Waals surface area contributed by atoms with E-state index in [-0.39, 0.29) is 5.95 Å². The fourth-order valence-electron chi connectivity index (χ4n) is 1.85. The van der Waals surface area contributed by atoms with Gasteiger partial charge in [0.25, 0.3) is 0 Å².